The molecule has 136 valence electrons. The van der Waals surface area contributed by atoms with E-state index in [-0.39, 0.29) is 0 Å². The first-order chi connectivity index (χ1) is 13.4. The average Bonchev–Trinajstić information content (AvgIpc) is 2.72. The van der Waals surface area contributed by atoms with E-state index in [4.69, 9.17) is 0 Å². The summed E-state index contributed by atoms with van der Waals surface area (Å²) in [5, 5.41) is 6.11. The second kappa shape index (κ2) is 8.68. The van der Waals surface area contributed by atoms with Gasteiger partial charge in [-0.1, -0.05) is 67.4 Å². The minimum absolute atomic E-state index is 1.21. The zero-order valence-corrected chi connectivity index (χ0v) is 16.8. The van der Waals surface area contributed by atoms with E-state index >= 15 is 0 Å². The molecule has 1 heteroatoms. The molecule has 1 aliphatic carbocycles. The standard InChI is InChI=1S/C26H28P/c1-2-7-15-23(16-8-3-1)27(24-17-9-4-10-18-24,25-19-11-5-12-20-25)26-21-13-6-14-22-26/h4-6,9-15,17-22H,1-3,7-8,16H2/q+1. The molecule has 0 spiro atoms. The van der Waals surface area contributed by atoms with Gasteiger partial charge in [-0.3, -0.25) is 0 Å². The van der Waals surface area contributed by atoms with Gasteiger partial charge < -0.3 is 0 Å². The lowest BCUT2D eigenvalue weighted by Crippen LogP contribution is -2.32. The summed E-state index contributed by atoms with van der Waals surface area (Å²) >= 11 is 0. The van der Waals surface area contributed by atoms with E-state index in [1.807, 2.05) is 0 Å². The Hall–Kier alpha value is -2.17. The highest BCUT2D eigenvalue weighted by Gasteiger charge is 2.48. The van der Waals surface area contributed by atoms with E-state index in [0.717, 1.165) is 0 Å². The van der Waals surface area contributed by atoms with Crippen LogP contribution in [-0.2, 0) is 0 Å². The molecule has 4 rings (SSSR count). The van der Waals surface area contributed by atoms with Gasteiger partial charge in [0.1, 0.15) is 23.2 Å². The monoisotopic (exact) mass is 371 g/mol. The molecule has 27 heavy (non-hydrogen) atoms. The second-order valence-electron chi connectivity index (χ2n) is 7.33. The van der Waals surface area contributed by atoms with Crippen molar-refractivity contribution in [3.63, 3.8) is 0 Å². The van der Waals surface area contributed by atoms with Crippen LogP contribution >= 0.6 is 7.26 Å². The fraction of sp³-hybridized carbons (Fsp3) is 0.231. The Bertz CT molecular complexity index is 769. The van der Waals surface area contributed by atoms with Crippen LogP contribution in [0.25, 0.3) is 0 Å². The highest BCUT2D eigenvalue weighted by Crippen LogP contribution is 2.64. The second-order valence-corrected chi connectivity index (χ2v) is 10.8. The zero-order valence-electron chi connectivity index (χ0n) is 15.9. The fourth-order valence-corrected chi connectivity index (χ4v) is 9.02. The number of hydrogen-bond acceptors (Lipinski definition) is 0. The Balaban J connectivity index is 2.03. The number of benzene rings is 3. The normalized spacial score (nSPS) is 15.5. The predicted molar refractivity (Wildman–Crippen MR) is 121 cm³/mol. The van der Waals surface area contributed by atoms with Crippen LogP contribution in [0.1, 0.15) is 38.5 Å². The molecule has 0 unspecified atom stereocenters. The predicted octanol–water partition coefficient (Wildman–Crippen LogP) is 6.22. The highest BCUT2D eigenvalue weighted by molar-refractivity contribution is 7.99. The van der Waals surface area contributed by atoms with Gasteiger partial charge in [0.2, 0.25) is 0 Å². The molecule has 0 heterocycles. The molecule has 0 bridgehead atoms. The van der Waals surface area contributed by atoms with Gasteiger partial charge in [0.05, 0.1) is 5.31 Å². The van der Waals surface area contributed by atoms with E-state index in [1.165, 1.54) is 54.4 Å². The molecule has 0 amide bonds. The maximum absolute atomic E-state index is 2.60. The summed E-state index contributed by atoms with van der Waals surface area (Å²) in [6, 6.07) is 33.8. The quantitative estimate of drug-likeness (QED) is 0.478. The Morgan fingerprint density at radius 2 is 0.926 bits per heavy atom. The Morgan fingerprint density at radius 1 is 0.481 bits per heavy atom. The smallest absolute Gasteiger partial charge is 0.0620 e. The first kappa shape index (κ1) is 18.2. The third kappa shape index (κ3) is 3.64. The molecule has 0 saturated heterocycles. The number of rotatable bonds is 4. The maximum atomic E-state index is 2.60. The van der Waals surface area contributed by atoms with E-state index in [0.29, 0.717) is 0 Å². The molecule has 1 aliphatic rings. The maximum Gasteiger partial charge on any atom is 0.139 e. The van der Waals surface area contributed by atoms with Crippen LogP contribution in [-0.4, -0.2) is 0 Å². The molecule has 0 aliphatic heterocycles. The van der Waals surface area contributed by atoms with Crippen molar-refractivity contribution in [3.8, 4) is 0 Å². The molecule has 0 aromatic heterocycles. The van der Waals surface area contributed by atoms with Gasteiger partial charge in [0, 0.05) is 6.42 Å². The third-order valence-corrected chi connectivity index (χ3v) is 10.1. The van der Waals surface area contributed by atoms with Gasteiger partial charge >= 0.3 is 0 Å². The zero-order chi connectivity index (χ0) is 18.4. The fourth-order valence-electron chi connectivity index (χ4n) is 4.38. The summed E-state index contributed by atoms with van der Waals surface area (Å²) < 4.78 is 0. The molecule has 3 aromatic carbocycles. The summed E-state index contributed by atoms with van der Waals surface area (Å²) in [5.41, 5.74) is 0. The van der Waals surface area contributed by atoms with Crippen LogP contribution in [0.5, 0.6) is 0 Å². The molecule has 3 aromatic rings. The van der Waals surface area contributed by atoms with Crippen LogP contribution in [0.3, 0.4) is 0 Å². The van der Waals surface area contributed by atoms with Gasteiger partial charge in [0.25, 0.3) is 0 Å². The van der Waals surface area contributed by atoms with Crippen LogP contribution in [0.15, 0.2) is 102 Å². The SMILES string of the molecule is C1=C([P+](c2ccccc2)(c2ccccc2)c2ccccc2)CCCCCC1. The molecule has 0 nitrogen and oxygen atoms in total. The average molecular weight is 371 g/mol. The minimum atomic E-state index is -1.81. The summed E-state index contributed by atoms with van der Waals surface area (Å²) in [6.07, 6.45) is 10.4. The largest absolute Gasteiger partial charge is 0.139 e. The van der Waals surface area contributed by atoms with Crippen molar-refractivity contribution in [2.45, 2.75) is 38.5 Å². The van der Waals surface area contributed by atoms with Crippen molar-refractivity contribution in [2.75, 3.05) is 0 Å². The van der Waals surface area contributed by atoms with Crippen LogP contribution in [0, 0.1) is 0 Å². The van der Waals surface area contributed by atoms with Crippen molar-refractivity contribution in [1.29, 1.82) is 0 Å². The Kier molecular flexibility index (Phi) is 5.85. The molecule has 0 radical (unpaired) electrons. The van der Waals surface area contributed by atoms with Gasteiger partial charge in [0.15, 0.2) is 0 Å². The summed E-state index contributed by atoms with van der Waals surface area (Å²) in [6.45, 7) is 0. The van der Waals surface area contributed by atoms with Crippen LogP contribution < -0.4 is 15.9 Å². The van der Waals surface area contributed by atoms with Crippen molar-refractivity contribution < 1.29 is 0 Å². The minimum Gasteiger partial charge on any atom is -0.0620 e. The molecular formula is C26H28P+. The first-order valence-corrected chi connectivity index (χ1v) is 12.0. The van der Waals surface area contributed by atoms with Crippen LogP contribution in [0.4, 0.5) is 0 Å². The summed E-state index contributed by atoms with van der Waals surface area (Å²) in [4.78, 5) is 0. The lowest BCUT2D eigenvalue weighted by atomic mass is 10.1. The van der Waals surface area contributed by atoms with E-state index in [1.54, 1.807) is 5.31 Å². The molecular weight excluding hydrogens is 343 g/mol. The molecule has 0 saturated carbocycles. The lowest BCUT2D eigenvalue weighted by molar-refractivity contribution is 0.634. The summed E-state index contributed by atoms with van der Waals surface area (Å²) in [7, 11) is -1.81. The molecule has 0 atom stereocenters. The topological polar surface area (TPSA) is 0 Å². The van der Waals surface area contributed by atoms with Crippen molar-refractivity contribution in [3.05, 3.63) is 102 Å². The number of allylic oxidation sites excluding steroid dienone is 2. The van der Waals surface area contributed by atoms with Gasteiger partial charge in [-0.15, -0.1) is 0 Å². The molecule has 0 N–H and O–H groups in total. The van der Waals surface area contributed by atoms with Crippen molar-refractivity contribution in [2.24, 2.45) is 0 Å². The summed E-state index contributed by atoms with van der Waals surface area (Å²) in [5.74, 6) is 0. The lowest BCUT2D eigenvalue weighted by Gasteiger charge is -2.30. The van der Waals surface area contributed by atoms with Crippen molar-refractivity contribution >= 4 is 23.2 Å². The van der Waals surface area contributed by atoms with Crippen LogP contribution in [0.2, 0.25) is 0 Å². The highest BCUT2D eigenvalue weighted by atomic mass is 31.2. The third-order valence-electron chi connectivity index (χ3n) is 5.63. The van der Waals surface area contributed by atoms with Gasteiger partial charge in [-0.05, 0) is 61.7 Å². The van der Waals surface area contributed by atoms with E-state index in [2.05, 4.69) is 97.1 Å². The Labute approximate surface area is 164 Å². The number of hydrogen-bond donors (Lipinski definition) is 0. The van der Waals surface area contributed by atoms with Crippen molar-refractivity contribution in [1.82, 2.24) is 0 Å². The van der Waals surface area contributed by atoms with Gasteiger partial charge in [-0.2, -0.15) is 0 Å². The van der Waals surface area contributed by atoms with E-state index in [9.17, 15) is 0 Å². The first-order valence-electron chi connectivity index (χ1n) is 10.2. The Morgan fingerprint density at radius 3 is 1.41 bits per heavy atom. The molecule has 0 fully saturated rings. The van der Waals surface area contributed by atoms with Gasteiger partial charge in [-0.25, -0.2) is 0 Å². The van der Waals surface area contributed by atoms with E-state index < -0.39 is 7.26 Å².